The highest BCUT2D eigenvalue weighted by molar-refractivity contribution is 4.73. The van der Waals surface area contributed by atoms with Crippen molar-refractivity contribution < 1.29 is 0 Å². The van der Waals surface area contributed by atoms with Gasteiger partial charge in [0.1, 0.15) is 0 Å². The molecule has 0 radical (unpaired) electrons. The minimum absolute atomic E-state index is 0.969. The zero-order valence-electron chi connectivity index (χ0n) is 11.8. The average molecular weight is 224 g/mol. The minimum atomic E-state index is 0.969. The van der Waals surface area contributed by atoms with Crippen LogP contribution in [0.3, 0.4) is 0 Å². The Morgan fingerprint density at radius 3 is 2.25 bits per heavy atom. The Morgan fingerprint density at radius 1 is 0.938 bits per heavy atom. The zero-order chi connectivity index (χ0) is 11.8. The van der Waals surface area contributed by atoms with E-state index < -0.39 is 0 Å². The molecule has 0 saturated heterocycles. The molecule has 1 rings (SSSR count). The third kappa shape index (κ3) is 5.37. The Hall–Kier alpha value is 0. The summed E-state index contributed by atoms with van der Waals surface area (Å²) in [6.07, 6.45) is 14.8. The van der Waals surface area contributed by atoms with Crippen LogP contribution >= 0.6 is 0 Å². The second-order valence-electron chi connectivity index (χ2n) is 6.16. The first-order valence-electron chi connectivity index (χ1n) is 7.76. The van der Waals surface area contributed by atoms with Gasteiger partial charge < -0.3 is 0 Å². The van der Waals surface area contributed by atoms with E-state index in [9.17, 15) is 0 Å². The average Bonchev–Trinajstić information content (AvgIpc) is 2.28. The summed E-state index contributed by atoms with van der Waals surface area (Å²) in [6.45, 7) is 7.09. The molecule has 1 fully saturated rings. The van der Waals surface area contributed by atoms with Gasteiger partial charge in [-0.3, -0.25) is 0 Å². The first-order chi connectivity index (χ1) is 7.76. The Bertz CT molecular complexity index is 159. The molecule has 0 aliphatic heterocycles. The fourth-order valence-electron chi connectivity index (χ4n) is 3.49. The van der Waals surface area contributed by atoms with Crippen molar-refractivity contribution in [2.75, 3.05) is 0 Å². The Kier molecular flexibility index (Phi) is 7.16. The highest BCUT2D eigenvalue weighted by Crippen LogP contribution is 2.35. The summed E-state index contributed by atoms with van der Waals surface area (Å²) >= 11 is 0. The van der Waals surface area contributed by atoms with Crippen LogP contribution in [-0.2, 0) is 0 Å². The lowest BCUT2D eigenvalue weighted by Gasteiger charge is -2.29. The third-order valence-electron chi connectivity index (χ3n) is 4.44. The van der Waals surface area contributed by atoms with E-state index in [0.29, 0.717) is 0 Å². The maximum atomic E-state index is 2.44. The normalized spacial score (nSPS) is 27.9. The van der Waals surface area contributed by atoms with Crippen molar-refractivity contribution in [3.8, 4) is 0 Å². The molecule has 0 N–H and O–H groups in total. The van der Waals surface area contributed by atoms with Gasteiger partial charge in [0.25, 0.3) is 0 Å². The van der Waals surface area contributed by atoms with Gasteiger partial charge in [-0.2, -0.15) is 0 Å². The molecule has 0 heterocycles. The SMILES string of the molecule is CCCC(C)CCC1CCCC(CCC)C1. The predicted octanol–water partition coefficient (Wildman–Crippen LogP) is 5.81. The molecule has 1 aliphatic carbocycles. The lowest BCUT2D eigenvalue weighted by Crippen LogP contribution is -2.16. The quantitative estimate of drug-likeness (QED) is 0.512. The number of hydrogen-bond acceptors (Lipinski definition) is 0. The van der Waals surface area contributed by atoms with Crippen molar-refractivity contribution >= 4 is 0 Å². The van der Waals surface area contributed by atoms with Crippen molar-refractivity contribution in [2.24, 2.45) is 17.8 Å². The molecule has 0 amide bonds. The standard InChI is InChI=1S/C16H32/c1-4-7-14(3)11-12-16-10-6-9-15(13-16)8-5-2/h14-16H,4-13H2,1-3H3. The largest absolute Gasteiger partial charge is 0.0654 e. The van der Waals surface area contributed by atoms with Gasteiger partial charge in [0.15, 0.2) is 0 Å². The van der Waals surface area contributed by atoms with Gasteiger partial charge in [-0.1, -0.05) is 78.6 Å². The van der Waals surface area contributed by atoms with Crippen LogP contribution in [0.4, 0.5) is 0 Å². The lowest BCUT2D eigenvalue weighted by atomic mass is 9.77. The molecule has 0 aromatic heterocycles. The van der Waals surface area contributed by atoms with Gasteiger partial charge in [-0.25, -0.2) is 0 Å². The van der Waals surface area contributed by atoms with E-state index in [1.54, 1.807) is 6.42 Å². The Morgan fingerprint density at radius 2 is 1.62 bits per heavy atom. The summed E-state index contributed by atoms with van der Waals surface area (Å²) in [6, 6.07) is 0. The van der Waals surface area contributed by atoms with Crippen LogP contribution < -0.4 is 0 Å². The van der Waals surface area contributed by atoms with E-state index in [-0.39, 0.29) is 0 Å². The first-order valence-corrected chi connectivity index (χ1v) is 7.76. The van der Waals surface area contributed by atoms with Gasteiger partial charge in [-0.05, 0) is 24.2 Å². The van der Waals surface area contributed by atoms with Crippen molar-refractivity contribution in [3.63, 3.8) is 0 Å². The molecule has 3 unspecified atom stereocenters. The maximum absolute atomic E-state index is 2.44. The summed E-state index contributed by atoms with van der Waals surface area (Å²) in [5.74, 6) is 3.12. The summed E-state index contributed by atoms with van der Waals surface area (Å²) < 4.78 is 0. The van der Waals surface area contributed by atoms with E-state index >= 15 is 0 Å². The predicted molar refractivity (Wildman–Crippen MR) is 73.7 cm³/mol. The molecule has 0 nitrogen and oxygen atoms in total. The Labute approximate surface area is 103 Å². The van der Waals surface area contributed by atoms with Gasteiger partial charge in [0.05, 0.1) is 0 Å². The molecule has 0 heteroatoms. The molecular formula is C16H32. The minimum Gasteiger partial charge on any atom is -0.0654 e. The van der Waals surface area contributed by atoms with Gasteiger partial charge in [0, 0.05) is 0 Å². The summed E-state index contributed by atoms with van der Waals surface area (Å²) in [5.41, 5.74) is 0. The summed E-state index contributed by atoms with van der Waals surface area (Å²) in [4.78, 5) is 0. The van der Waals surface area contributed by atoms with Crippen LogP contribution in [0.15, 0.2) is 0 Å². The van der Waals surface area contributed by atoms with Crippen molar-refractivity contribution in [1.29, 1.82) is 0 Å². The van der Waals surface area contributed by atoms with Crippen LogP contribution in [0.5, 0.6) is 0 Å². The number of hydrogen-bond donors (Lipinski definition) is 0. The van der Waals surface area contributed by atoms with Crippen LogP contribution in [0.1, 0.15) is 85.0 Å². The molecular weight excluding hydrogens is 192 g/mol. The second kappa shape index (κ2) is 8.14. The molecule has 1 saturated carbocycles. The molecule has 0 bridgehead atoms. The molecule has 3 atom stereocenters. The van der Waals surface area contributed by atoms with Gasteiger partial charge in [0.2, 0.25) is 0 Å². The molecule has 0 aromatic carbocycles. The highest BCUT2D eigenvalue weighted by Gasteiger charge is 2.21. The fourth-order valence-corrected chi connectivity index (χ4v) is 3.49. The fraction of sp³-hybridized carbons (Fsp3) is 1.00. The van der Waals surface area contributed by atoms with Crippen LogP contribution in [0.25, 0.3) is 0 Å². The monoisotopic (exact) mass is 224 g/mol. The van der Waals surface area contributed by atoms with E-state index in [0.717, 1.165) is 17.8 Å². The molecule has 96 valence electrons. The summed E-state index contributed by atoms with van der Waals surface area (Å²) in [7, 11) is 0. The van der Waals surface area contributed by atoms with E-state index in [2.05, 4.69) is 20.8 Å². The van der Waals surface area contributed by atoms with E-state index in [4.69, 9.17) is 0 Å². The van der Waals surface area contributed by atoms with Crippen molar-refractivity contribution in [2.45, 2.75) is 85.0 Å². The molecule has 16 heavy (non-hydrogen) atoms. The smallest absolute Gasteiger partial charge is 0.0412 e. The molecule has 0 aromatic rings. The second-order valence-corrected chi connectivity index (χ2v) is 6.16. The van der Waals surface area contributed by atoms with Gasteiger partial charge in [-0.15, -0.1) is 0 Å². The summed E-state index contributed by atoms with van der Waals surface area (Å²) in [5, 5.41) is 0. The zero-order valence-corrected chi connectivity index (χ0v) is 11.8. The Balaban J connectivity index is 2.16. The molecule has 1 aliphatic rings. The van der Waals surface area contributed by atoms with E-state index in [1.165, 1.54) is 57.8 Å². The van der Waals surface area contributed by atoms with Crippen molar-refractivity contribution in [1.82, 2.24) is 0 Å². The topological polar surface area (TPSA) is 0 Å². The van der Waals surface area contributed by atoms with Crippen LogP contribution in [0, 0.1) is 17.8 Å². The number of rotatable bonds is 7. The third-order valence-corrected chi connectivity index (χ3v) is 4.44. The van der Waals surface area contributed by atoms with Crippen molar-refractivity contribution in [3.05, 3.63) is 0 Å². The highest BCUT2D eigenvalue weighted by atomic mass is 14.3. The maximum Gasteiger partial charge on any atom is -0.0412 e. The molecule has 0 spiro atoms. The van der Waals surface area contributed by atoms with Gasteiger partial charge >= 0.3 is 0 Å². The lowest BCUT2D eigenvalue weighted by molar-refractivity contribution is 0.230. The van der Waals surface area contributed by atoms with Crippen LogP contribution in [0.2, 0.25) is 0 Å². The van der Waals surface area contributed by atoms with Crippen LogP contribution in [-0.4, -0.2) is 0 Å². The van der Waals surface area contributed by atoms with E-state index in [1.807, 2.05) is 0 Å². The first kappa shape index (κ1) is 14.1.